The normalized spacial score (nSPS) is 16.7. The van der Waals surface area contributed by atoms with E-state index in [9.17, 15) is 0 Å². The molecule has 1 atom stereocenters. The van der Waals surface area contributed by atoms with Crippen molar-refractivity contribution in [1.29, 1.82) is 0 Å². The van der Waals surface area contributed by atoms with Gasteiger partial charge in [0.2, 0.25) is 0 Å². The Bertz CT molecular complexity index is 77.8. The van der Waals surface area contributed by atoms with Gasteiger partial charge in [0.15, 0.2) is 0 Å². The summed E-state index contributed by atoms with van der Waals surface area (Å²) in [6.45, 7) is 1.88. The largest absolute Gasteiger partial charge is 0.387 e. The van der Waals surface area contributed by atoms with E-state index in [0.29, 0.717) is 5.84 Å². The van der Waals surface area contributed by atoms with Crippen LogP contribution in [0.2, 0.25) is 0 Å². The first-order chi connectivity index (χ1) is 3.18. The average Bonchev–Trinajstić information content (AvgIpc) is 1.65. The molecule has 0 aliphatic heterocycles. The number of amidine groups is 1. The summed E-state index contributed by atoms with van der Waals surface area (Å²) < 4.78 is 0. The number of nitrogens with zero attached hydrogens (tertiary/aromatic N) is 1. The van der Waals surface area contributed by atoms with Gasteiger partial charge in [-0.2, -0.15) is 12.6 Å². The van der Waals surface area contributed by atoms with E-state index >= 15 is 0 Å². The molecule has 2 N–H and O–H groups in total. The zero-order chi connectivity index (χ0) is 5.86. The molecule has 0 aliphatic rings. The number of rotatable bonds is 1. The first-order valence-corrected chi connectivity index (χ1v) is 2.60. The maximum absolute atomic E-state index is 5.29. The molecule has 0 saturated heterocycles. The van der Waals surface area contributed by atoms with Gasteiger partial charge in [-0.3, -0.25) is 4.99 Å². The summed E-state index contributed by atoms with van der Waals surface area (Å²) in [6.07, 6.45) is 0. The lowest BCUT2D eigenvalue weighted by molar-refractivity contribution is 1.24. The van der Waals surface area contributed by atoms with Crippen molar-refractivity contribution in [1.82, 2.24) is 0 Å². The van der Waals surface area contributed by atoms with Crippen molar-refractivity contribution in [3.63, 3.8) is 0 Å². The SMILES string of the molecule is CN=C(N)C(C)S. The summed E-state index contributed by atoms with van der Waals surface area (Å²) >= 11 is 4.02. The molecule has 0 saturated carbocycles. The molecule has 3 heteroatoms. The number of hydrogen-bond donors (Lipinski definition) is 2. The van der Waals surface area contributed by atoms with Crippen molar-refractivity contribution in [2.75, 3.05) is 7.05 Å². The van der Waals surface area contributed by atoms with Crippen LogP contribution in [-0.2, 0) is 0 Å². The molecule has 0 aromatic carbocycles. The molecule has 0 amide bonds. The Balaban J connectivity index is 3.56. The third-order valence-corrected chi connectivity index (χ3v) is 0.951. The Morgan fingerprint density at radius 2 is 2.29 bits per heavy atom. The minimum absolute atomic E-state index is 0.0880. The fourth-order valence-electron chi connectivity index (χ4n) is 0.187. The van der Waals surface area contributed by atoms with Gasteiger partial charge in [0, 0.05) is 7.05 Å². The van der Waals surface area contributed by atoms with E-state index in [4.69, 9.17) is 5.73 Å². The molecule has 0 spiro atoms. The zero-order valence-electron chi connectivity index (χ0n) is 4.55. The van der Waals surface area contributed by atoms with Crippen molar-refractivity contribution in [3.05, 3.63) is 0 Å². The molecule has 0 heterocycles. The molecule has 42 valence electrons. The van der Waals surface area contributed by atoms with Gasteiger partial charge in [-0.25, -0.2) is 0 Å². The number of aliphatic imine (C=N–C) groups is 1. The molecule has 0 bridgehead atoms. The van der Waals surface area contributed by atoms with Gasteiger partial charge in [0.1, 0.15) is 5.84 Å². The average molecular weight is 118 g/mol. The van der Waals surface area contributed by atoms with Gasteiger partial charge in [0.25, 0.3) is 0 Å². The molecular formula is C4H10N2S. The van der Waals surface area contributed by atoms with Crippen LogP contribution in [0.5, 0.6) is 0 Å². The molecular weight excluding hydrogens is 108 g/mol. The lowest BCUT2D eigenvalue weighted by Gasteiger charge is -1.98. The monoisotopic (exact) mass is 118 g/mol. The second-order valence-corrected chi connectivity index (χ2v) is 2.10. The highest BCUT2D eigenvalue weighted by Gasteiger charge is 1.94. The summed E-state index contributed by atoms with van der Waals surface area (Å²) in [5.74, 6) is 0.586. The number of hydrogen-bond acceptors (Lipinski definition) is 2. The van der Waals surface area contributed by atoms with E-state index in [1.807, 2.05) is 6.92 Å². The van der Waals surface area contributed by atoms with Gasteiger partial charge >= 0.3 is 0 Å². The Labute approximate surface area is 49.2 Å². The van der Waals surface area contributed by atoms with E-state index in [0.717, 1.165) is 0 Å². The van der Waals surface area contributed by atoms with E-state index in [2.05, 4.69) is 17.6 Å². The Morgan fingerprint density at radius 1 is 1.86 bits per heavy atom. The molecule has 1 unspecified atom stereocenters. The minimum atomic E-state index is 0.0880. The van der Waals surface area contributed by atoms with Crippen LogP contribution in [0, 0.1) is 0 Å². The molecule has 0 rings (SSSR count). The van der Waals surface area contributed by atoms with Gasteiger partial charge < -0.3 is 5.73 Å². The quantitative estimate of drug-likeness (QED) is 0.290. The predicted molar refractivity (Wildman–Crippen MR) is 36.0 cm³/mol. The van der Waals surface area contributed by atoms with Crippen LogP contribution in [0.15, 0.2) is 4.99 Å². The number of thiol groups is 1. The van der Waals surface area contributed by atoms with Crippen molar-refractivity contribution < 1.29 is 0 Å². The highest BCUT2D eigenvalue weighted by atomic mass is 32.1. The third kappa shape index (κ3) is 2.51. The van der Waals surface area contributed by atoms with Crippen molar-refractivity contribution in [2.24, 2.45) is 10.7 Å². The molecule has 0 fully saturated rings. The second-order valence-electron chi connectivity index (χ2n) is 1.32. The van der Waals surface area contributed by atoms with Crippen LogP contribution in [0.1, 0.15) is 6.92 Å². The fourth-order valence-corrected chi connectivity index (χ4v) is 0.302. The van der Waals surface area contributed by atoms with Crippen LogP contribution in [-0.4, -0.2) is 18.1 Å². The van der Waals surface area contributed by atoms with Crippen molar-refractivity contribution >= 4 is 18.5 Å². The lowest BCUT2D eigenvalue weighted by Crippen LogP contribution is -2.20. The summed E-state index contributed by atoms with van der Waals surface area (Å²) in [6, 6.07) is 0. The Morgan fingerprint density at radius 3 is 2.29 bits per heavy atom. The van der Waals surface area contributed by atoms with Gasteiger partial charge in [0.05, 0.1) is 5.25 Å². The van der Waals surface area contributed by atoms with E-state index in [1.165, 1.54) is 0 Å². The van der Waals surface area contributed by atoms with Crippen molar-refractivity contribution in [3.8, 4) is 0 Å². The van der Waals surface area contributed by atoms with Crippen LogP contribution >= 0.6 is 12.6 Å². The van der Waals surface area contributed by atoms with Crippen LogP contribution in [0.4, 0.5) is 0 Å². The number of nitrogens with two attached hydrogens (primary N) is 1. The maximum atomic E-state index is 5.29. The zero-order valence-corrected chi connectivity index (χ0v) is 5.44. The highest BCUT2D eigenvalue weighted by molar-refractivity contribution is 7.81. The fraction of sp³-hybridized carbons (Fsp3) is 0.750. The van der Waals surface area contributed by atoms with E-state index in [-0.39, 0.29) is 5.25 Å². The minimum Gasteiger partial charge on any atom is -0.387 e. The summed E-state index contributed by atoms with van der Waals surface area (Å²) in [4.78, 5) is 3.71. The highest BCUT2D eigenvalue weighted by Crippen LogP contribution is 1.89. The van der Waals surface area contributed by atoms with E-state index in [1.54, 1.807) is 7.05 Å². The molecule has 0 radical (unpaired) electrons. The van der Waals surface area contributed by atoms with Gasteiger partial charge in [-0.1, -0.05) is 0 Å². The Hall–Kier alpha value is -0.180. The lowest BCUT2D eigenvalue weighted by atomic mass is 10.4. The van der Waals surface area contributed by atoms with Crippen LogP contribution < -0.4 is 5.73 Å². The smallest absolute Gasteiger partial charge is 0.106 e. The van der Waals surface area contributed by atoms with Crippen LogP contribution in [0.3, 0.4) is 0 Å². The van der Waals surface area contributed by atoms with Crippen molar-refractivity contribution in [2.45, 2.75) is 12.2 Å². The molecule has 0 aromatic rings. The molecule has 0 aromatic heterocycles. The summed E-state index contributed by atoms with van der Waals surface area (Å²) in [7, 11) is 1.65. The maximum Gasteiger partial charge on any atom is 0.106 e. The van der Waals surface area contributed by atoms with E-state index < -0.39 is 0 Å². The van der Waals surface area contributed by atoms with Gasteiger partial charge in [-0.15, -0.1) is 0 Å². The Kier molecular flexibility index (Phi) is 2.83. The molecule has 0 aliphatic carbocycles. The first kappa shape index (κ1) is 6.82. The second kappa shape index (κ2) is 2.91. The van der Waals surface area contributed by atoms with Gasteiger partial charge in [-0.05, 0) is 6.92 Å². The third-order valence-electron chi connectivity index (χ3n) is 0.686. The standard InChI is InChI=1S/C4H10N2S/c1-3(7)4(5)6-2/h3,7H,1-2H3,(H2,5,6). The molecule has 2 nitrogen and oxygen atoms in total. The summed E-state index contributed by atoms with van der Waals surface area (Å²) in [5, 5.41) is 0.0880. The summed E-state index contributed by atoms with van der Waals surface area (Å²) in [5.41, 5.74) is 5.29. The van der Waals surface area contributed by atoms with Crippen LogP contribution in [0.25, 0.3) is 0 Å². The predicted octanol–water partition coefficient (Wildman–Crippen LogP) is 0.292. The first-order valence-electron chi connectivity index (χ1n) is 2.08. The molecule has 7 heavy (non-hydrogen) atoms. The topological polar surface area (TPSA) is 38.4 Å².